The molecule has 0 spiro atoms. The lowest BCUT2D eigenvalue weighted by molar-refractivity contribution is -0.387. The van der Waals surface area contributed by atoms with Crippen molar-refractivity contribution in [1.82, 2.24) is 4.31 Å². The van der Waals surface area contributed by atoms with Gasteiger partial charge in [-0.15, -0.1) is 12.4 Å². The predicted molar refractivity (Wildman–Crippen MR) is 85.8 cm³/mol. The van der Waals surface area contributed by atoms with E-state index in [1.165, 1.54) is 16.4 Å². The summed E-state index contributed by atoms with van der Waals surface area (Å²) < 4.78 is 26.8. The van der Waals surface area contributed by atoms with Gasteiger partial charge in [0.2, 0.25) is 10.0 Å². The van der Waals surface area contributed by atoms with Gasteiger partial charge in [0.05, 0.1) is 4.92 Å². The molecular formula is C13H20ClN3O4S. The van der Waals surface area contributed by atoms with Gasteiger partial charge < -0.3 is 5.73 Å². The van der Waals surface area contributed by atoms with Crippen LogP contribution in [-0.4, -0.2) is 36.8 Å². The summed E-state index contributed by atoms with van der Waals surface area (Å²) in [5.74, 6) is 0. The quantitative estimate of drug-likeness (QED) is 0.658. The molecule has 0 amide bonds. The maximum absolute atomic E-state index is 12.8. The van der Waals surface area contributed by atoms with Crippen LogP contribution in [0.5, 0.6) is 0 Å². The zero-order valence-electron chi connectivity index (χ0n) is 12.5. The first kappa shape index (κ1) is 18.8. The zero-order chi connectivity index (χ0) is 15.8. The number of hydrogen-bond acceptors (Lipinski definition) is 5. The summed E-state index contributed by atoms with van der Waals surface area (Å²) in [6.45, 7) is 4.03. The summed E-state index contributed by atoms with van der Waals surface area (Å²) >= 11 is 0. The molecule has 1 aromatic carbocycles. The van der Waals surface area contributed by atoms with E-state index < -0.39 is 14.9 Å². The van der Waals surface area contributed by atoms with E-state index in [0.717, 1.165) is 6.42 Å². The summed E-state index contributed by atoms with van der Waals surface area (Å²) in [5.41, 5.74) is 6.64. The summed E-state index contributed by atoms with van der Waals surface area (Å²) in [5, 5.41) is 11.2. The Morgan fingerprint density at radius 1 is 1.36 bits per heavy atom. The molecule has 1 fully saturated rings. The van der Waals surface area contributed by atoms with Gasteiger partial charge in [0, 0.05) is 25.2 Å². The maximum atomic E-state index is 12.8. The van der Waals surface area contributed by atoms with Crippen molar-refractivity contribution < 1.29 is 13.3 Å². The van der Waals surface area contributed by atoms with Crippen LogP contribution in [0, 0.1) is 24.0 Å². The number of benzene rings is 1. The Morgan fingerprint density at radius 3 is 2.50 bits per heavy atom. The normalized spacial score (nSPS) is 19.0. The number of rotatable bonds is 4. The zero-order valence-corrected chi connectivity index (χ0v) is 14.1. The molecule has 1 aromatic rings. The Morgan fingerprint density at radius 2 is 1.95 bits per heavy atom. The fourth-order valence-electron chi connectivity index (χ4n) is 2.61. The molecule has 0 aromatic heterocycles. The highest BCUT2D eigenvalue weighted by Crippen LogP contribution is 2.33. The van der Waals surface area contributed by atoms with E-state index in [0.29, 0.717) is 24.1 Å². The topological polar surface area (TPSA) is 107 Å². The monoisotopic (exact) mass is 349 g/mol. The Bertz CT molecular complexity index is 678. The van der Waals surface area contributed by atoms with E-state index in [4.69, 9.17) is 5.73 Å². The average molecular weight is 350 g/mol. The number of hydrogen-bond donors (Lipinski definition) is 1. The molecule has 0 radical (unpaired) electrons. The standard InChI is InChI=1S/C13H19N3O4S.ClH/c1-9-6-12(16(17)18)13(7-10(9)2)21(19,20)15-5-3-4-11(15)8-14;/h6-7,11H,3-5,8,14H2,1-2H3;1H. The molecular weight excluding hydrogens is 330 g/mol. The summed E-state index contributed by atoms with van der Waals surface area (Å²) in [7, 11) is -3.90. The van der Waals surface area contributed by atoms with Crippen molar-refractivity contribution in [3.8, 4) is 0 Å². The van der Waals surface area contributed by atoms with Crippen molar-refractivity contribution in [1.29, 1.82) is 0 Å². The van der Waals surface area contributed by atoms with Crippen LogP contribution in [0.2, 0.25) is 0 Å². The van der Waals surface area contributed by atoms with E-state index in [1.807, 2.05) is 0 Å². The van der Waals surface area contributed by atoms with Crippen LogP contribution < -0.4 is 5.73 Å². The Kier molecular flexibility index (Phi) is 5.91. The van der Waals surface area contributed by atoms with Crippen LogP contribution in [0.3, 0.4) is 0 Å². The first-order chi connectivity index (χ1) is 9.78. The van der Waals surface area contributed by atoms with Gasteiger partial charge in [0.25, 0.3) is 5.69 Å². The fourth-order valence-corrected chi connectivity index (χ4v) is 4.54. The van der Waals surface area contributed by atoms with Crippen LogP contribution in [0.1, 0.15) is 24.0 Å². The SMILES string of the molecule is Cc1cc([N+](=O)[O-])c(S(=O)(=O)N2CCCC2CN)cc1C.Cl. The van der Waals surface area contributed by atoms with E-state index in [1.54, 1.807) is 13.8 Å². The molecule has 0 bridgehead atoms. The number of nitro benzene ring substituents is 1. The molecule has 1 aliphatic heterocycles. The van der Waals surface area contributed by atoms with Gasteiger partial charge in [-0.1, -0.05) is 0 Å². The summed E-state index contributed by atoms with van der Waals surface area (Å²) in [6, 6.07) is 2.42. The second kappa shape index (κ2) is 6.91. The first-order valence-corrected chi connectivity index (χ1v) is 8.20. The minimum absolute atomic E-state index is 0. The second-order valence-electron chi connectivity index (χ2n) is 5.31. The third-order valence-electron chi connectivity index (χ3n) is 3.95. The number of halogens is 1. The largest absolute Gasteiger partial charge is 0.329 e. The Balaban J connectivity index is 0.00000242. The number of nitrogens with two attached hydrogens (primary N) is 1. The predicted octanol–water partition coefficient (Wildman–Crippen LogP) is 1.75. The van der Waals surface area contributed by atoms with Gasteiger partial charge in [0.15, 0.2) is 4.90 Å². The van der Waals surface area contributed by atoms with Crippen LogP contribution in [0.25, 0.3) is 0 Å². The van der Waals surface area contributed by atoms with Gasteiger partial charge >= 0.3 is 0 Å². The third-order valence-corrected chi connectivity index (χ3v) is 5.93. The molecule has 7 nitrogen and oxygen atoms in total. The van der Waals surface area contributed by atoms with Crippen molar-refractivity contribution in [3.05, 3.63) is 33.4 Å². The highest BCUT2D eigenvalue weighted by Gasteiger charge is 2.38. The Hall–Kier alpha value is -1.22. The average Bonchev–Trinajstić information content (AvgIpc) is 2.90. The van der Waals surface area contributed by atoms with Crippen LogP contribution in [0.15, 0.2) is 17.0 Å². The summed E-state index contributed by atoms with van der Waals surface area (Å²) in [6.07, 6.45) is 1.41. The highest BCUT2D eigenvalue weighted by molar-refractivity contribution is 7.89. The molecule has 9 heteroatoms. The molecule has 0 saturated carbocycles. The minimum Gasteiger partial charge on any atom is -0.329 e. The molecule has 1 atom stereocenters. The van der Waals surface area contributed by atoms with E-state index in [-0.39, 0.29) is 35.6 Å². The number of aryl methyl sites for hydroxylation is 2. The van der Waals surface area contributed by atoms with Gasteiger partial charge in [-0.3, -0.25) is 10.1 Å². The molecule has 1 aliphatic rings. The lowest BCUT2D eigenvalue weighted by Crippen LogP contribution is -2.40. The number of nitrogens with zero attached hydrogens (tertiary/aromatic N) is 2. The van der Waals surface area contributed by atoms with Crippen LogP contribution >= 0.6 is 12.4 Å². The first-order valence-electron chi connectivity index (χ1n) is 6.76. The molecule has 1 heterocycles. The van der Waals surface area contributed by atoms with Crippen LogP contribution in [-0.2, 0) is 10.0 Å². The summed E-state index contributed by atoms with van der Waals surface area (Å²) in [4.78, 5) is 10.3. The van der Waals surface area contributed by atoms with Crippen LogP contribution in [0.4, 0.5) is 5.69 Å². The molecule has 1 unspecified atom stereocenters. The fraction of sp³-hybridized carbons (Fsp3) is 0.538. The Labute approximate surface area is 136 Å². The molecule has 2 rings (SSSR count). The van der Waals surface area contributed by atoms with Crippen molar-refractivity contribution in [2.45, 2.75) is 37.6 Å². The third kappa shape index (κ3) is 3.24. The molecule has 22 heavy (non-hydrogen) atoms. The van der Waals surface area contributed by atoms with Gasteiger partial charge in [-0.25, -0.2) is 8.42 Å². The minimum atomic E-state index is -3.90. The van der Waals surface area contributed by atoms with Crippen molar-refractivity contribution in [2.75, 3.05) is 13.1 Å². The van der Waals surface area contributed by atoms with Crippen molar-refractivity contribution in [3.63, 3.8) is 0 Å². The lowest BCUT2D eigenvalue weighted by atomic mass is 10.1. The second-order valence-corrected chi connectivity index (χ2v) is 7.17. The number of sulfonamides is 1. The molecule has 124 valence electrons. The number of nitro groups is 1. The van der Waals surface area contributed by atoms with E-state index in [9.17, 15) is 18.5 Å². The molecule has 1 saturated heterocycles. The maximum Gasteiger partial charge on any atom is 0.289 e. The van der Waals surface area contributed by atoms with E-state index >= 15 is 0 Å². The smallest absolute Gasteiger partial charge is 0.289 e. The van der Waals surface area contributed by atoms with E-state index in [2.05, 4.69) is 0 Å². The van der Waals surface area contributed by atoms with Crippen molar-refractivity contribution >= 4 is 28.1 Å². The van der Waals surface area contributed by atoms with Gasteiger partial charge in [0.1, 0.15) is 0 Å². The van der Waals surface area contributed by atoms with Gasteiger partial charge in [-0.2, -0.15) is 4.31 Å². The molecule has 2 N–H and O–H groups in total. The van der Waals surface area contributed by atoms with Gasteiger partial charge in [-0.05, 0) is 43.9 Å². The molecule has 0 aliphatic carbocycles. The van der Waals surface area contributed by atoms with Crippen molar-refractivity contribution in [2.24, 2.45) is 5.73 Å². The lowest BCUT2D eigenvalue weighted by Gasteiger charge is -2.23. The highest BCUT2D eigenvalue weighted by atomic mass is 35.5.